The second-order valence-corrected chi connectivity index (χ2v) is 11.5. The van der Waals surface area contributed by atoms with E-state index in [1.807, 2.05) is 37.4 Å². The van der Waals surface area contributed by atoms with Crippen molar-refractivity contribution in [3.05, 3.63) is 93.4 Å². The molecule has 0 aromatic heterocycles. The number of nitrogens with one attached hydrogen (secondary N) is 1. The summed E-state index contributed by atoms with van der Waals surface area (Å²) >= 11 is 11.2. The van der Waals surface area contributed by atoms with Crippen molar-refractivity contribution in [2.45, 2.75) is 29.3 Å². The number of thioether (sulfide) groups is 1. The summed E-state index contributed by atoms with van der Waals surface area (Å²) in [7, 11) is -3.95. The molecule has 174 valence electrons. The van der Waals surface area contributed by atoms with E-state index < -0.39 is 15.9 Å². The van der Waals surface area contributed by atoms with Crippen LogP contribution in [-0.4, -0.2) is 31.4 Å². The van der Waals surface area contributed by atoms with E-state index in [0.29, 0.717) is 10.6 Å². The van der Waals surface area contributed by atoms with Crippen molar-refractivity contribution in [2.24, 2.45) is 0 Å². The van der Waals surface area contributed by atoms with Crippen molar-refractivity contribution in [1.82, 2.24) is 9.62 Å². The van der Waals surface area contributed by atoms with Gasteiger partial charge in [0, 0.05) is 20.9 Å². The van der Waals surface area contributed by atoms with Crippen LogP contribution in [0.25, 0.3) is 0 Å². The summed E-state index contributed by atoms with van der Waals surface area (Å²) < 4.78 is 28.7. The van der Waals surface area contributed by atoms with Crippen molar-refractivity contribution in [1.29, 1.82) is 0 Å². The molecule has 0 aliphatic carbocycles. The lowest BCUT2D eigenvalue weighted by molar-refractivity contribution is -0.122. The van der Waals surface area contributed by atoms with Gasteiger partial charge in [0.2, 0.25) is 15.9 Å². The van der Waals surface area contributed by atoms with Gasteiger partial charge in [-0.3, -0.25) is 4.79 Å². The Morgan fingerprint density at radius 1 is 1.06 bits per heavy atom. The first-order valence-electron chi connectivity index (χ1n) is 10.1. The van der Waals surface area contributed by atoms with Gasteiger partial charge in [-0.15, -0.1) is 11.8 Å². The van der Waals surface area contributed by atoms with Gasteiger partial charge < -0.3 is 5.32 Å². The molecule has 0 fully saturated rings. The molecule has 0 aliphatic heterocycles. The number of sulfonamides is 1. The summed E-state index contributed by atoms with van der Waals surface area (Å²) in [4.78, 5) is 14.1. The normalized spacial score (nSPS) is 12.5. The van der Waals surface area contributed by atoms with Crippen molar-refractivity contribution < 1.29 is 13.2 Å². The van der Waals surface area contributed by atoms with Crippen LogP contribution in [0.4, 0.5) is 0 Å². The number of amides is 1. The third-order valence-electron chi connectivity index (χ3n) is 5.07. The molecule has 1 amide bonds. The molecular formula is C24H24BrClN2O3S2. The molecule has 33 heavy (non-hydrogen) atoms. The maximum atomic E-state index is 13.4. The van der Waals surface area contributed by atoms with Gasteiger partial charge >= 0.3 is 0 Å². The highest BCUT2D eigenvalue weighted by molar-refractivity contribution is 9.10. The summed E-state index contributed by atoms with van der Waals surface area (Å²) in [6.07, 6.45) is 2.00. The average Bonchev–Trinajstić information content (AvgIpc) is 2.80. The summed E-state index contributed by atoms with van der Waals surface area (Å²) in [6, 6.07) is 20.9. The van der Waals surface area contributed by atoms with Crippen LogP contribution in [0.5, 0.6) is 0 Å². The first-order valence-corrected chi connectivity index (χ1v) is 14.0. The van der Waals surface area contributed by atoms with Gasteiger partial charge in [0.1, 0.15) is 0 Å². The third-order valence-corrected chi connectivity index (χ3v) is 8.52. The fraction of sp³-hybridized carbons (Fsp3) is 0.208. The number of rotatable bonds is 9. The van der Waals surface area contributed by atoms with Gasteiger partial charge in [-0.2, -0.15) is 4.31 Å². The van der Waals surface area contributed by atoms with Crippen molar-refractivity contribution >= 4 is 55.2 Å². The van der Waals surface area contributed by atoms with Gasteiger partial charge in [0.15, 0.2) is 0 Å². The Kier molecular flexibility index (Phi) is 9.01. The second kappa shape index (κ2) is 11.5. The fourth-order valence-corrected chi connectivity index (χ4v) is 5.46. The summed E-state index contributed by atoms with van der Waals surface area (Å²) in [5, 5.41) is 3.35. The summed E-state index contributed by atoms with van der Waals surface area (Å²) in [5.41, 5.74) is 1.56. The standard InChI is InChI=1S/C24H24BrClN2O3S2/c1-17(18-7-11-21(32-2)12-8-18)27-24(29)16-28(15-19-5-3-4-6-23(19)26)33(30,31)22-13-9-20(25)10-14-22/h3-14,17H,15-16H2,1-2H3,(H,27,29). The van der Waals surface area contributed by atoms with Crippen LogP contribution in [0.3, 0.4) is 0 Å². The van der Waals surface area contributed by atoms with Gasteiger partial charge in [0.25, 0.3) is 0 Å². The number of carbonyl (C=O) groups excluding carboxylic acids is 1. The van der Waals surface area contributed by atoms with E-state index in [1.54, 1.807) is 48.2 Å². The minimum absolute atomic E-state index is 0.0255. The van der Waals surface area contributed by atoms with Crippen LogP contribution in [0.1, 0.15) is 24.1 Å². The highest BCUT2D eigenvalue weighted by Gasteiger charge is 2.28. The van der Waals surface area contributed by atoms with Gasteiger partial charge in [-0.05, 0) is 66.8 Å². The van der Waals surface area contributed by atoms with Crippen LogP contribution in [-0.2, 0) is 21.4 Å². The molecule has 0 saturated heterocycles. The molecule has 3 aromatic rings. The first-order chi connectivity index (χ1) is 15.7. The molecule has 5 nitrogen and oxygen atoms in total. The van der Waals surface area contributed by atoms with Crippen LogP contribution in [0.2, 0.25) is 5.02 Å². The van der Waals surface area contributed by atoms with E-state index in [9.17, 15) is 13.2 Å². The van der Waals surface area contributed by atoms with E-state index in [0.717, 1.165) is 19.2 Å². The predicted molar refractivity (Wildman–Crippen MR) is 138 cm³/mol. The Labute approximate surface area is 212 Å². The molecule has 0 radical (unpaired) electrons. The van der Waals surface area contributed by atoms with Gasteiger partial charge in [-0.1, -0.05) is 57.9 Å². The van der Waals surface area contributed by atoms with E-state index in [-0.39, 0.29) is 24.0 Å². The molecule has 1 N–H and O–H groups in total. The molecule has 0 spiro atoms. The Morgan fingerprint density at radius 3 is 2.30 bits per heavy atom. The minimum atomic E-state index is -3.95. The van der Waals surface area contributed by atoms with Crippen molar-refractivity contribution in [3.63, 3.8) is 0 Å². The van der Waals surface area contributed by atoms with E-state index in [1.165, 1.54) is 12.1 Å². The molecule has 9 heteroatoms. The fourth-order valence-electron chi connectivity index (χ4n) is 3.22. The Balaban J connectivity index is 1.83. The minimum Gasteiger partial charge on any atom is -0.348 e. The molecule has 1 unspecified atom stereocenters. The van der Waals surface area contributed by atoms with E-state index in [2.05, 4.69) is 21.2 Å². The molecule has 0 heterocycles. The van der Waals surface area contributed by atoms with Crippen molar-refractivity contribution in [3.8, 4) is 0 Å². The maximum absolute atomic E-state index is 13.4. The highest BCUT2D eigenvalue weighted by atomic mass is 79.9. The topological polar surface area (TPSA) is 66.5 Å². The van der Waals surface area contributed by atoms with E-state index >= 15 is 0 Å². The lowest BCUT2D eigenvalue weighted by atomic mass is 10.1. The lowest BCUT2D eigenvalue weighted by Gasteiger charge is -2.24. The monoisotopic (exact) mass is 566 g/mol. The predicted octanol–water partition coefficient (Wildman–Crippen LogP) is 5.89. The largest absolute Gasteiger partial charge is 0.348 e. The zero-order valence-corrected chi connectivity index (χ0v) is 22.1. The SMILES string of the molecule is CSc1ccc(C(C)NC(=O)CN(Cc2ccccc2Cl)S(=O)(=O)c2ccc(Br)cc2)cc1. The summed E-state index contributed by atoms with van der Waals surface area (Å²) in [6.45, 7) is 1.51. The molecule has 3 aromatic carbocycles. The van der Waals surface area contributed by atoms with E-state index in [4.69, 9.17) is 11.6 Å². The summed E-state index contributed by atoms with van der Waals surface area (Å²) in [5.74, 6) is -0.399. The second-order valence-electron chi connectivity index (χ2n) is 7.38. The molecular weight excluding hydrogens is 544 g/mol. The molecule has 1 atom stereocenters. The molecule has 0 saturated carbocycles. The average molecular weight is 568 g/mol. The number of hydrogen-bond donors (Lipinski definition) is 1. The molecule has 0 bridgehead atoms. The van der Waals surface area contributed by atoms with Crippen LogP contribution >= 0.6 is 39.3 Å². The molecule has 3 rings (SSSR count). The van der Waals surface area contributed by atoms with Gasteiger partial charge in [-0.25, -0.2) is 8.42 Å². The number of benzene rings is 3. The van der Waals surface area contributed by atoms with Gasteiger partial charge in [0.05, 0.1) is 17.5 Å². The first kappa shape index (κ1) is 25.8. The smallest absolute Gasteiger partial charge is 0.243 e. The zero-order chi connectivity index (χ0) is 24.0. The Morgan fingerprint density at radius 2 is 1.70 bits per heavy atom. The van der Waals surface area contributed by atoms with Crippen LogP contribution in [0, 0.1) is 0 Å². The quantitative estimate of drug-likeness (QED) is 0.327. The Hall–Kier alpha value is -1.84. The number of hydrogen-bond acceptors (Lipinski definition) is 4. The van der Waals surface area contributed by atoms with Crippen molar-refractivity contribution in [2.75, 3.05) is 12.8 Å². The maximum Gasteiger partial charge on any atom is 0.243 e. The number of nitrogens with zero attached hydrogens (tertiary/aromatic N) is 1. The third kappa shape index (κ3) is 6.83. The molecule has 0 aliphatic rings. The number of carbonyl (C=O) groups is 1. The van der Waals surface area contributed by atoms with Crippen LogP contribution < -0.4 is 5.32 Å². The highest BCUT2D eigenvalue weighted by Crippen LogP contribution is 2.24. The zero-order valence-electron chi connectivity index (χ0n) is 18.2. The number of halogens is 2. The van der Waals surface area contributed by atoms with Crippen LogP contribution in [0.15, 0.2) is 87.1 Å². The lowest BCUT2D eigenvalue weighted by Crippen LogP contribution is -2.41. The Bertz CT molecular complexity index is 1200.